The van der Waals surface area contributed by atoms with Crippen LogP contribution in [0, 0.1) is 0 Å². The molecule has 0 radical (unpaired) electrons. The molecular weight excluding hydrogens is 789 g/mol. The quantitative estimate of drug-likeness (QED) is 0.159. The molecule has 4 aromatic heterocycles. The first-order valence-electron chi connectivity index (χ1n) is 22.3. The summed E-state index contributed by atoms with van der Waals surface area (Å²) >= 11 is 0. The summed E-state index contributed by atoms with van der Waals surface area (Å²) in [6, 6.07) is 83.9. The number of hydrogen-bond donors (Lipinski definition) is 0. The predicted molar refractivity (Wildman–Crippen MR) is 273 cm³/mol. The SMILES string of the molecule is c1ccc(-c2nc3ccccc3c3c2ccc2c3c3ccccc3n2-c2ccc(-c3cc(-n4c5ccccc5c5ccccc54)cc(-n4c5ccccc5c5ccccc54)c3)cc2)cc1. The standard InChI is InChI=1S/C61H38N4/c1-2-16-40(17-3-1)61-51-34-35-58-60(59(51)49-22-4-10-24-52(49)62-61)50-23-9-15-29-57(50)63(58)42-32-30-39(31-33-42)41-36-43(64-53-25-11-5-18-45(53)46-19-6-12-26-54(46)64)38-44(37-41)65-55-27-13-7-20-47(55)48-21-8-14-28-56(48)65/h1-38H. The van der Waals surface area contributed by atoms with Crippen LogP contribution in [0.1, 0.15) is 0 Å². The lowest BCUT2D eigenvalue weighted by molar-refractivity contribution is 1.13. The number of fused-ring (bicyclic) bond motifs is 13. The molecule has 0 aliphatic heterocycles. The van der Waals surface area contributed by atoms with Gasteiger partial charge in [-0.3, -0.25) is 0 Å². The molecule has 302 valence electrons. The van der Waals surface area contributed by atoms with Crippen LogP contribution >= 0.6 is 0 Å². The van der Waals surface area contributed by atoms with Crippen LogP contribution in [0.2, 0.25) is 0 Å². The highest BCUT2D eigenvalue weighted by Gasteiger charge is 2.21. The van der Waals surface area contributed by atoms with Gasteiger partial charge in [0.1, 0.15) is 0 Å². The Morgan fingerprint density at radius 3 is 1.25 bits per heavy atom. The first kappa shape index (κ1) is 35.8. The zero-order valence-corrected chi connectivity index (χ0v) is 35.2. The summed E-state index contributed by atoms with van der Waals surface area (Å²) in [5.41, 5.74) is 15.9. The number of para-hydroxylation sites is 6. The van der Waals surface area contributed by atoms with Gasteiger partial charge in [0.05, 0.1) is 44.3 Å². The van der Waals surface area contributed by atoms with Gasteiger partial charge in [-0.05, 0) is 83.9 Å². The number of benzene rings is 10. The first-order chi connectivity index (χ1) is 32.3. The molecule has 0 amide bonds. The van der Waals surface area contributed by atoms with E-state index in [1.807, 2.05) is 0 Å². The fourth-order valence-electron chi connectivity index (χ4n) is 10.8. The third-order valence-electron chi connectivity index (χ3n) is 13.6. The summed E-state index contributed by atoms with van der Waals surface area (Å²) < 4.78 is 7.30. The Balaban J connectivity index is 0.996. The van der Waals surface area contributed by atoms with Crippen LogP contribution in [-0.4, -0.2) is 18.7 Å². The van der Waals surface area contributed by atoms with Gasteiger partial charge in [0.15, 0.2) is 0 Å². The molecular formula is C61H38N4. The summed E-state index contributed by atoms with van der Waals surface area (Å²) in [5.74, 6) is 0. The molecule has 10 aromatic carbocycles. The second-order valence-electron chi connectivity index (χ2n) is 17.1. The molecule has 0 aliphatic rings. The highest BCUT2D eigenvalue weighted by molar-refractivity contribution is 6.29. The second kappa shape index (κ2) is 13.9. The lowest BCUT2D eigenvalue weighted by Crippen LogP contribution is -2.00. The van der Waals surface area contributed by atoms with Crippen molar-refractivity contribution in [3.8, 4) is 39.4 Å². The molecule has 0 atom stereocenters. The van der Waals surface area contributed by atoms with E-state index in [0.29, 0.717) is 0 Å². The fourth-order valence-corrected chi connectivity index (χ4v) is 10.8. The molecule has 0 saturated heterocycles. The van der Waals surface area contributed by atoms with Crippen molar-refractivity contribution >= 4 is 87.1 Å². The number of aromatic nitrogens is 4. The lowest BCUT2D eigenvalue weighted by atomic mass is 9.96. The topological polar surface area (TPSA) is 27.7 Å². The van der Waals surface area contributed by atoms with Crippen molar-refractivity contribution in [2.24, 2.45) is 0 Å². The van der Waals surface area contributed by atoms with Crippen LogP contribution in [0.5, 0.6) is 0 Å². The minimum Gasteiger partial charge on any atom is -0.309 e. The summed E-state index contributed by atoms with van der Waals surface area (Å²) in [4.78, 5) is 5.26. The molecule has 0 unspecified atom stereocenters. The molecule has 0 saturated carbocycles. The monoisotopic (exact) mass is 826 g/mol. The van der Waals surface area contributed by atoms with Crippen molar-refractivity contribution in [1.29, 1.82) is 0 Å². The van der Waals surface area contributed by atoms with Crippen LogP contribution in [0.15, 0.2) is 231 Å². The molecule has 65 heavy (non-hydrogen) atoms. The molecule has 0 spiro atoms. The van der Waals surface area contributed by atoms with Crippen molar-refractivity contribution in [2.45, 2.75) is 0 Å². The van der Waals surface area contributed by atoms with Crippen molar-refractivity contribution in [1.82, 2.24) is 18.7 Å². The summed E-state index contributed by atoms with van der Waals surface area (Å²) in [5, 5.41) is 11.0. The highest BCUT2D eigenvalue weighted by Crippen LogP contribution is 2.43. The molecule has 0 N–H and O–H groups in total. The highest BCUT2D eigenvalue weighted by atomic mass is 15.0. The molecule has 14 aromatic rings. The number of rotatable bonds is 5. The van der Waals surface area contributed by atoms with E-state index in [0.717, 1.165) is 55.7 Å². The average Bonchev–Trinajstić information content (AvgIpc) is 4.02. The zero-order chi connectivity index (χ0) is 42.6. The smallest absolute Gasteiger partial charge is 0.0788 e. The lowest BCUT2D eigenvalue weighted by Gasteiger charge is -2.16. The first-order valence-corrected chi connectivity index (χ1v) is 22.3. The molecule has 0 fully saturated rings. The average molecular weight is 827 g/mol. The fraction of sp³-hybridized carbons (Fsp3) is 0. The van der Waals surface area contributed by atoms with E-state index in [9.17, 15) is 0 Å². The second-order valence-corrected chi connectivity index (χ2v) is 17.1. The van der Waals surface area contributed by atoms with Gasteiger partial charge in [-0.1, -0.05) is 158 Å². The van der Waals surface area contributed by atoms with Gasteiger partial charge in [0, 0.05) is 71.1 Å². The summed E-state index contributed by atoms with van der Waals surface area (Å²) in [6.07, 6.45) is 0. The molecule has 4 heterocycles. The minimum absolute atomic E-state index is 0.996. The van der Waals surface area contributed by atoms with E-state index >= 15 is 0 Å². The van der Waals surface area contributed by atoms with Crippen molar-refractivity contribution in [3.63, 3.8) is 0 Å². The molecule has 4 nitrogen and oxygen atoms in total. The van der Waals surface area contributed by atoms with E-state index in [1.165, 1.54) is 70.8 Å². The van der Waals surface area contributed by atoms with E-state index in [2.05, 4.69) is 244 Å². The zero-order valence-electron chi connectivity index (χ0n) is 35.2. The van der Waals surface area contributed by atoms with Gasteiger partial charge in [-0.2, -0.15) is 0 Å². The van der Waals surface area contributed by atoms with Crippen molar-refractivity contribution in [3.05, 3.63) is 231 Å². The summed E-state index contributed by atoms with van der Waals surface area (Å²) in [6.45, 7) is 0. The van der Waals surface area contributed by atoms with E-state index < -0.39 is 0 Å². The largest absolute Gasteiger partial charge is 0.309 e. The Morgan fingerprint density at radius 2 is 0.692 bits per heavy atom. The Morgan fingerprint density at radius 1 is 0.246 bits per heavy atom. The predicted octanol–water partition coefficient (Wildman–Crippen LogP) is 16.0. The minimum atomic E-state index is 0.996. The molecule has 4 heteroatoms. The number of pyridine rings is 1. The maximum atomic E-state index is 5.26. The van der Waals surface area contributed by atoms with E-state index in [-0.39, 0.29) is 0 Å². The van der Waals surface area contributed by atoms with Crippen LogP contribution < -0.4 is 0 Å². The Hall–Kier alpha value is -8.73. The van der Waals surface area contributed by atoms with Crippen molar-refractivity contribution < 1.29 is 0 Å². The van der Waals surface area contributed by atoms with Crippen LogP contribution in [0.25, 0.3) is 127 Å². The third-order valence-corrected chi connectivity index (χ3v) is 13.6. The van der Waals surface area contributed by atoms with Gasteiger partial charge in [-0.25, -0.2) is 4.98 Å². The molecule has 0 bridgehead atoms. The van der Waals surface area contributed by atoms with Gasteiger partial charge in [0.2, 0.25) is 0 Å². The maximum Gasteiger partial charge on any atom is 0.0788 e. The van der Waals surface area contributed by atoms with Crippen LogP contribution in [0.4, 0.5) is 0 Å². The Kier molecular flexibility index (Phi) is 7.65. The van der Waals surface area contributed by atoms with Crippen molar-refractivity contribution in [2.75, 3.05) is 0 Å². The van der Waals surface area contributed by atoms with Crippen LogP contribution in [-0.2, 0) is 0 Å². The van der Waals surface area contributed by atoms with E-state index in [1.54, 1.807) is 0 Å². The van der Waals surface area contributed by atoms with Gasteiger partial charge in [-0.15, -0.1) is 0 Å². The van der Waals surface area contributed by atoms with Gasteiger partial charge < -0.3 is 13.7 Å². The normalized spacial score (nSPS) is 12.0. The number of hydrogen-bond acceptors (Lipinski definition) is 1. The molecule has 14 rings (SSSR count). The third kappa shape index (κ3) is 5.28. The summed E-state index contributed by atoms with van der Waals surface area (Å²) in [7, 11) is 0. The maximum absolute atomic E-state index is 5.26. The van der Waals surface area contributed by atoms with Gasteiger partial charge >= 0.3 is 0 Å². The number of nitrogens with zero attached hydrogens (tertiary/aromatic N) is 4. The van der Waals surface area contributed by atoms with E-state index in [4.69, 9.17) is 4.98 Å². The Labute approximate surface area is 374 Å². The Bertz CT molecular complexity index is 3990. The molecule has 0 aliphatic carbocycles. The van der Waals surface area contributed by atoms with Gasteiger partial charge in [0.25, 0.3) is 0 Å². The van der Waals surface area contributed by atoms with Crippen LogP contribution in [0.3, 0.4) is 0 Å².